The first-order valence-electron chi connectivity index (χ1n) is 5.82. The third-order valence-corrected chi connectivity index (χ3v) is 3.23. The molecule has 1 unspecified atom stereocenters. The summed E-state index contributed by atoms with van der Waals surface area (Å²) in [6.45, 7) is 2.04. The van der Waals surface area contributed by atoms with Crippen molar-refractivity contribution in [2.24, 2.45) is 5.73 Å². The van der Waals surface area contributed by atoms with Gasteiger partial charge in [-0.15, -0.1) is 0 Å². The molecule has 0 amide bonds. The number of hydrogen-bond donors (Lipinski definition) is 1. The van der Waals surface area contributed by atoms with Crippen LogP contribution in [-0.4, -0.2) is 0 Å². The Kier molecular flexibility index (Phi) is 4.00. The van der Waals surface area contributed by atoms with Crippen LogP contribution < -0.4 is 5.73 Å². The summed E-state index contributed by atoms with van der Waals surface area (Å²) in [5.74, 6) is -0.341. The largest absolute Gasteiger partial charge is 0.324 e. The molecule has 2 rings (SSSR count). The van der Waals surface area contributed by atoms with Crippen molar-refractivity contribution < 1.29 is 4.39 Å². The van der Waals surface area contributed by atoms with Crippen LogP contribution in [0, 0.1) is 12.7 Å². The lowest BCUT2D eigenvalue weighted by Crippen LogP contribution is -2.14. The van der Waals surface area contributed by atoms with Gasteiger partial charge in [0.1, 0.15) is 5.82 Å². The number of rotatable bonds is 3. The van der Waals surface area contributed by atoms with Crippen molar-refractivity contribution in [1.29, 1.82) is 0 Å². The predicted molar refractivity (Wildman–Crippen MR) is 73.2 cm³/mol. The molecule has 0 heterocycles. The lowest BCUT2D eigenvalue weighted by atomic mass is 9.98. The Labute approximate surface area is 111 Å². The number of hydrogen-bond acceptors (Lipinski definition) is 1. The first kappa shape index (κ1) is 13.1. The molecule has 1 nitrogen and oxygen atoms in total. The average Bonchev–Trinajstić information content (AvgIpc) is 2.28. The molecule has 0 saturated carbocycles. The minimum Gasteiger partial charge on any atom is -0.324 e. The topological polar surface area (TPSA) is 26.0 Å². The smallest absolute Gasteiger partial charge is 0.124 e. The molecule has 0 radical (unpaired) electrons. The molecule has 0 fully saturated rings. The van der Waals surface area contributed by atoms with E-state index >= 15 is 0 Å². The van der Waals surface area contributed by atoms with E-state index in [-0.39, 0.29) is 11.9 Å². The Bertz CT molecular complexity index is 554. The van der Waals surface area contributed by atoms with E-state index in [0.717, 1.165) is 11.1 Å². The fourth-order valence-electron chi connectivity index (χ4n) is 2.01. The third kappa shape index (κ3) is 3.09. The summed E-state index contributed by atoms with van der Waals surface area (Å²) in [5.41, 5.74) is 9.25. The minimum atomic E-state index is -0.341. The highest BCUT2D eigenvalue weighted by Gasteiger charge is 2.11. The summed E-state index contributed by atoms with van der Waals surface area (Å²) in [4.78, 5) is 0. The van der Waals surface area contributed by atoms with E-state index in [4.69, 9.17) is 17.3 Å². The molecule has 0 bridgehead atoms. The van der Waals surface area contributed by atoms with Gasteiger partial charge in [0.25, 0.3) is 0 Å². The third-order valence-electron chi connectivity index (χ3n) is 2.90. The Morgan fingerprint density at radius 2 is 2.00 bits per heavy atom. The van der Waals surface area contributed by atoms with E-state index in [9.17, 15) is 4.39 Å². The normalized spacial score (nSPS) is 12.4. The molecule has 2 aromatic carbocycles. The highest BCUT2D eigenvalue weighted by atomic mass is 35.5. The van der Waals surface area contributed by atoms with Crippen LogP contribution in [0.2, 0.25) is 5.02 Å². The molecule has 1 atom stereocenters. The Hall–Kier alpha value is -1.38. The van der Waals surface area contributed by atoms with E-state index in [1.165, 1.54) is 17.7 Å². The fourth-order valence-corrected chi connectivity index (χ4v) is 2.31. The first-order chi connectivity index (χ1) is 8.56. The molecular weight excluding hydrogens is 249 g/mol. The summed E-state index contributed by atoms with van der Waals surface area (Å²) in [5, 5.41) is 0.384. The lowest BCUT2D eigenvalue weighted by molar-refractivity contribution is 0.624. The van der Waals surface area contributed by atoms with Gasteiger partial charge in [-0.25, -0.2) is 4.39 Å². The van der Waals surface area contributed by atoms with Gasteiger partial charge < -0.3 is 5.73 Å². The van der Waals surface area contributed by atoms with Crippen molar-refractivity contribution in [2.45, 2.75) is 19.4 Å². The van der Waals surface area contributed by atoms with Gasteiger partial charge >= 0.3 is 0 Å². The van der Waals surface area contributed by atoms with Crippen LogP contribution in [0.4, 0.5) is 4.39 Å². The molecule has 0 aromatic heterocycles. The number of halogens is 2. The predicted octanol–water partition coefficient (Wildman–Crippen LogP) is 4.03. The Morgan fingerprint density at radius 1 is 1.22 bits per heavy atom. The van der Waals surface area contributed by atoms with Crippen molar-refractivity contribution in [3.8, 4) is 0 Å². The second-order valence-corrected chi connectivity index (χ2v) is 4.87. The van der Waals surface area contributed by atoms with Gasteiger partial charge in [0.2, 0.25) is 0 Å². The SMILES string of the molecule is Cc1cccc(CC(N)c2ccc(F)cc2Cl)c1. The van der Waals surface area contributed by atoms with E-state index in [1.54, 1.807) is 6.07 Å². The van der Waals surface area contributed by atoms with Crippen molar-refractivity contribution in [1.82, 2.24) is 0 Å². The van der Waals surface area contributed by atoms with E-state index in [1.807, 2.05) is 25.1 Å². The van der Waals surface area contributed by atoms with Crippen molar-refractivity contribution in [2.75, 3.05) is 0 Å². The van der Waals surface area contributed by atoms with E-state index in [2.05, 4.69) is 6.07 Å². The zero-order chi connectivity index (χ0) is 13.1. The standard InChI is InChI=1S/C15H15ClFN/c1-10-3-2-4-11(7-10)8-15(18)13-6-5-12(17)9-14(13)16/h2-7,9,15H,8,18H2,1H3. The number of aryl methyl sites for hydroxylation is 1. The quantitative estimate of drug-likeness (QED) is 0.889. The second-order valence-electron chi connectivity index (χ2n) is 4.47. The van der Waals surface area contributed by atoms with Gasteiger partial charge in [-0.1, -0.05) is 47.5 Å². The van der Waals surface area contributed by atoms with Crippen molar-refractivity contribution >= 4 is 11.6 Å². The molecule has 3 heteroatoms. The number of benzene rings is 2. The van der Waals surface area contributed by atoms with Gasteiger partial charge in [0.05, 0.1) is 0 Å². The minimum absolute atomic E-state index is 0.222. The van der Waals surface area contributed by atoms with Gasteiger partial charge in [0, 0.05) is 11.1 Å². The van der Waals surface area contributed by atoms with Crippen LogP contribution in [0.25, 0.3) is 0 Å². The van der Waals surface area contributed by atoms with E-state index < -0.39 is 0 Å². The Morgan fingerprint density at radius 3 is 2.67 bits per heavy atom. The number of nitrogens with two attached hydrogens (primary N) is 1. The fraction of sp³-hybridized carbons (Fsp3) is 0.200. The van der Waals surface area contributed by atoms with E-state index in [0.29, 0.717) is 11.4 Å². The van der Waals surface area contributed by atoms with Crippen LogP contribution in [0.15, 0.2) is 42.5 Å². The summed E-state index contributed by atoms with van der Waals surface area (Å²) >= 11 is 6.00. The van der Waals surface area contributed by atoms with Gasteiger partial charge in [-0.2, -0.15) is 0 Å². The van der Waals surface area contributed by atoms with Crippen LogP contribution in [0.5, 0.6) is 0 Å². The molecule has 2 aromatic rings. The van der Waals surface area contributed by atoms with Gasteiger partial charge in [0.15, 0.2) is 0 Å². The molecular formula is C15H15ClFN. The molecule has 0 saturated heterocycles. The van der Waals surface area contributed by atoms with Crippen LogP contribution >= 0.6 is 11.6 Å². The zero-order valence-corrected chi connectivity index (χ0v) is 10.9. The second kappa shape index (κ2) is 5.51. The van der Waals surface area contributed by atoms with Crippen LogP contribution in [-0.2, 0) is 6.42 Å². The summed E-state index contributed by atoms with van der Waals surface area (Å²) in [6.07, 6.45) is 0.688. The Balaban J connectivity index is 2.19. The van der Waals surface area contributed by atoms with Crippen LogP contribution in [0.1, 0.15) is 22.7 Å². The summed E-state index contributed by atoms with van der Waals surface area (Å²) < 4.78 is 13.0. The van der Waals surface area contributed by atoms with Crippen molar-refractivity contribution in [3.05, 3.63) is 70.0 Å². The molecule has 0 aliphatic heterocycles. The first-order valence-corrected chi connectivity index (χ1v) is 6.20. The molecule has 0 aliphatic carbocycles. The maximum atomic E-state index is 13.0. The van der Waals surface area contributed by atoms with Gasteiger partial charge in [-0.3, -0.25) is 0 Å². The molecule has 2 N–H and O–H groups in total. The maximum Gasteiger partial charge on any atom is 0.124 e. The molecule has 94 valence electrons. The van der Waals surface area contributed by atoms with Crippen molar-refractivity contribution in [3.63, 3.8) is 0 Å². The molecule has 18 heavy (non-hydrogen) atoms. The summed E-state index contributed by atoms with van der Waals surface area (Å²) in [7, 11) is 0. The lowest BCUT2D eigenvalue weighted by Gasteiger charge is -2.14. The average molecular weight is 264 g/mol. The molecule has 0 spiro atoms. The maximum absolute atomic E-state index is 13.0. The van der Waals surface area contributed by atoms with Gasteiger partial charge in [-0.05, 0) is 36.6 Å². The monoisotopic (exact) mass is 263 g/mol. The van der Waals surface area contributed by atoms with Crippen LogP contribution in [0.3, 0.4) is 0 Å². The highest BCUT2D eigenvalue weighted by Crippen LogP contribution is 2.25. The molecule has 0 aliphatic rings. The summed E-state index contributed by atoms with van der Waals surface area (Å²) in [6, 6.07) is 12.3. The zero-order valence-electron chi connectivity index (χ0n) is 10.2. The highest BCUT2D eigenvalue weighted by molar-refractivity contribution is 6.31.